The van der Waals surface area contributed by atoms with Gasteiger partial charge in [-0.2, -0.15) is 0 Å². The topological polar surface area (TPSA) is 52.6 Å². The van der Waals surface area contributed by atoms with Crippen molar-refractivity contribution >= 4 is 27.9 Å². The lowest BCUT2D eigenvalue weighted by Gasteiger charge is -2.06. The van der Waals surface area contributed by atoms with Crippen molar-refractivity contribution < 1.29 is 19.1 Å². The molecule has 2 atom stereocenters. The predicted octanol–water partition coefficient (Wildman–Crippen LogP) is 3.88. The zero-order chi connectivity index (χ0) is 17.2. The largest absolute Gasteiger partial charge is 0.466 e. The molecule has 1 unspecified atom stereocenters. The van der Waals surface area contributed by atoms with Gasteiger partial charge in [0.15, 0.2) is 0 Å². The molecule has 23 heavy (non-hydrogen) atoms. The molecule has 2 rings (SSSR count). The molecule has 0 heterocycles. The molecule has 0 spiro atoms. The van der Waals surface area contributed by atoms with Crippen LogP contribution in [0.3, 0.4) is 0 Å². The number of hydrogen-bond acceptors (Lipinski definition) is 4. The molecule has 1 aromatic carbocycles. The van der Waals surface area contributed by atoms with Gasteiger partial charge in [0.05, 0.1) is 13.0 Å². The van der Waals surface area contributed by atoms with Gasteiger partial charge in [-0.15, -0.1) is 0 Å². The molecule has 5 heteroatoms. The third-order valence-corrected chi connectivity index (χ3v) is 4.86. The lowest BCUT2D eigenvalue weighted by atomic mass is 10.1. The molecular formula is C18H21BrO4. The first kappa shape index (κ1) is 17.7. The van der Waals surface area contributed by atoms with E-state index in [0.29, 0.717) is 5.57 Å². The molecule has 1 aromatic rings. The smallest absolute Gasteiger partial charge is 0.333 e. The summed E-state index contributed by atoms with van der Waals surface area (Å²) in [6.07, 6.45) is 1.82. The van der Waals surface area contributed by atoms with Crippen LogP contribution in [0.1, 0.15) is 26.3 Å². The molecule has 1 aliphatic rings. The highest BCUT2D eigenvalue weighted by Gasteiger charge is 2.61. The third kappa shape index (κ3) is 4.02. The van der Waals surface area contributed by atoms with Crippen LogP contribution in [0.25, 0.3) is 0 Å². The van der Waals surface area contributed by atoms with Gasteiger partial charge in [0.25, 0.3) is 0 Å². The minimum Gasteiger partial charge on any atom is -0.466 e. The van der Waals surface area contributed by atoms with Crippen LogP contribution >= 0.6 is 15.9 Å². The van der Waals surface area contributed by atoms with Crippen molar-refractivity contribution in [1.82, 2.24) is 0 Å². The normalized spacial score (nSPS) is 22.4. The molecular weight excluding hydrogens is 360 g/mol. The maximum Gasteiger partial charge on any atom is 0.333 e. The van der Waals surface area contributed by atoms with Crippen LogP contribution in [-0.4, -0.2) is 19.0 Å². The molecule has 1 fully saturated rings. The Kier molecular flexibility index (Phi) is 5.30. The van der Waals surface area contributed by atoms with Gasteiger partial charge in [0, 0.05) is 10.0 Å². The summed E-state index contributed by atoms with van der Waals surface area (Å²) in [4.78, 5) is 23.8. The summed E-state index contributed by atoms with van der Waals surface area (Å²) in [5.41, 5.74) is 1.25. The van der Waals surface area contributed by atoms with Gasteiger partial charge in [-0.3, -0.25) is 4.79 Å². The van der Waals surface area contributed by atoms with Crippen molar-refractivity contribution in [1.29, 1.82) is 0 Å². The number of benzene rings is 1. The maximum absolute atomic E-state index is 12.3. The van der Waals surface area contributed by atoms with Gasteiger partial charge in [-0.05, 0) is 36.0 Å². The van der Waals surface area contributed by atoms with Gasteiger partial charge in [0.2, 0.25) is 0 Å². The number of rotatable bonds is 5. The SMILES string of the molecule is COC(=O)/C(C)=C/C1[C@@H](C(=O)OCc2cccc(Br)c2)C1(C)C. The number of carbonyl (C=O) groups excluding carboxylic acids is 2. The summed E-state index contributed by atoms with van der Waals surface area (Å²) in [6.45, 7) is 5.95. The maximum atomic E-state index is 12.3. The minimum atomic E-state index is -0.367. The van der Waals surface area contributed by atoms with E-state index >= 15 is 0 Å². The van der Waals surface area contributed by atoms with Crippen molar-refractivity contribution in [2.45, 2.75) is 27.4 Å². The van der Waals surface area contributed by atoms with Gasteiger partial charge < -0.3 is 9.47 Å². The number of halogens is 1. The summed E-state index contributed by atoms with van der Waals surface area (Å²) in [5, 5.41) is 0. The second kappa shape index (κ2) is 6.87. The molecule has 0 aromatic heterocycles. The Bertz CT molecular complexity index is 648. The van der Waals surface area contributed by atoms with Crippen molar-refractivity contribution in [2.24, 2.45) is 17.3 Å². The summed E-state index contributed by atoms with van der Waals surface area (Å²) < 4.78 is 11.1. The molecule has 0 aliphatic heterocycles. The van der Waals surface area contributed by atoms with Crippen LogP contribution in [0.15, 0.2) is 40.4 Å². The second-order valence-corrected chi connectivity index (χ2v) is 7.32. The fourth-order valence-electron chi connectivity index (χ4n) is 2.81. The molecule has 0 bridgehead atoms. The highest BCUT2D eigenvalue weighted by Crippen LogP contribution is 2.59. The fraction of sp³-hybridized carbons (Fsp3) is 0.444. The Hall–Kier alpha value is -1.62. The fourth-order valence-corrected chi connectivity index (χ4v) is 3.25. The summed E-state index contributed by atoms with van der Waals surface area (Å²) in [6, 6.07) is 7.66. The summed E-state index contributed by atoms with van der Waals surface area (Å²) in [5.74, 6) is -0.825. The van der Waals surface area contributed by atoms with E-state index in [1.807, 2.05) is 44.2 Å². The lowest BCUT2D eigenvalue weighted by Crippen LogP contribution is -2.10. The Morgan fingerprint density at radius 3 is 2.65 bits per heavy atom. The number of methoxy groups -OCH3 is 1. The second-order valence-electron chi connectivity index (χ2n) is 6.40. The molecule has 0 N–H and O–H groups in total. The van der Waals surface area contributed by atoms with Crippen LogP contribution in [0.4, 0.5) is 0 Å². The van der Waals surface area contributed by atoms with Crippen molar-refractivity contribution in [3.63, 3.8) is 0 Å². The van der Waals surface area contributed by atoms with E-state index in [9.17, 15) is 9.59 Å². The Balaban J connectivity index is 1.98. The standard InChI is InChI=1S/C18H21BrO4/c1-11(16(20)22-4)8-14-15(18(14,2)3)17(21)23-10-12-6-5-7-13(19)9-12/h5-9,14-15H,10H2,1-4H3/b11-8+/t14?,15-/m0/s1. The van der Waals surface area contributed by atoms with Gasteiger partial charge in [-0.1, -0.05) is 48.0 Å². The third-order valence-electron chi connectivity index (χ3n) is 4.37. The first-order chi connectivity index (χ1) is 10.8. The monoisotopic (exact) mass is 380 g/mol. The molecule has 0 saturated heterocycles. The van der Waals surface area contributed by atoms with E-state index in [4.69, 9.17) is 9.47 Å². The van der Waals surface area contributed by atoms with Gasteiger partial charge in [0.1, 0.15) is 6.61 Å². The zero-order valence-electron chi connectivity index (χ0n) is 13.8. The van der Waals surface area contributed by atoms with Crippen molar-refractivity contribution in [3.05, 3.63) is 46.0 Å². The molecule has 1 aliphatic carbocycles. The quantitative estimate of drug-likeness (QED) is 0.574. The molecule has 0 amide bonds. The average molecular weight is 381 g/mol. The van der Waals surface area contributed by atoms with E-state index < -0.39 is 0 Å². The molecule has 0 radical (unpaired) electrons. The van der Waals surface area contributed by atoms with Crippen LogP contribution in [0.5, 0.6) is 0 Å². The van der Waals surface area contributed by atoms with Crippen LogP contribution < -0.4 is 0 Å². The number of carbonyl (C=O) groups is 2. The van der Waals surface area contributed by atoms with Crippen LogP contribution in [0, 0.1) is 17.3 Å². The van der Waals surface area contributed by atoms with Gasteiger partial charge in [-0.25, -0.2) is 4.79 Å². The van der Waals surface area contributed by atoms with Crippen molar-refractivity contribution in [2.75, 3.05) is 7.11 Å². The Labute approximate surface area is 145 Å². The Morgan fingerprint density at radius 1 is 1.35 bits per heavy atom. The van der Waals surface area contributed by atoms with Crippen LogP contribution in [0.2, 0.25) is 0 Å². The van der Waals surface area contributed by atoms with Crippen LogP contribution in [-0.2, 0) is 25.7 Å². The Morgan fingerprint density at radius 2 is 2.04 bits per heavy atom. The predicted molar refractivity (Wildman–Crippen MR) is 90.5 cm³/mol. The van der Waals surface area contributed by atoms with Crippen molar-refractivity contribution in [3.8, 4) is 0 Å². The molecule has 124 valence electrons. The van der Waals surface area contributed by atoms with Gasteiger partial charge >= 0.3 is 11.9 Å². The first-order valence-corrected chi connectivity index (χ1v) is 8.24. The number of hydrogen-bond donors (Lipinski definition) is 0. The first-order valence-electron chi connectivity index (χ1n) is 7.45. The molecule has 4 nitrogen and oxygen atoms in total. The van der Waals surface area contributed by atoms with E-state index in [1.54, 1.807) is 6.92 Å². The van der Waals surface area contributed by atoms with E-state index in [2.05, 4.69) is 15.9 Å². The highest BCUT2D eigenvalue weighted by atomic mass is 79.9. The van der Waals surface area contributed by atoms with E-state index in [-0.39, 0.29) is 35.8 Å². The zero-order valence-corrected chi connectivity index (χ0v) is 15.3. The lowest BCUT2D eigenvalue weighted by molar-refractivity contribution is -0.147. The molecule has 1 saturated carbocycles. The number of allylic oxidation sites excluding steroid dienone is 1. The average Bonchev–Trinajstić information content (AvgIpc) is 3.04. The number of ether oxygens (including phenoxy) is 2. The van der Waals surface area contributed by atoms with E-state index in [1.165, 1.54) is 7.11 Å². The summed E-state index contributed by atoms with van der Waals surface area (Å²) >= 11 is 3.39. The van der Waals surface area contributed by atoms with E-state index in [0.717, 1.165) is 10.0 Å². The minimum absolute atomic E-state index is 0.00314. The summed E-state index contributed by atoms with van der Waals surface area (Å²) in [7, 11) is 1.35. The number of esters is 2. The highest BCUT2D eigenvalue weighted by molar-refractivity contribution is 9.10.